The van der Waals surface area contributed by atoms with Crippen molar-refractivity contribution in [3.63, 3.8) is 0 Å². The van der Waals surface area contributed by atoms with Gasteiger partial charge in [-0.2, -0.15) is 0 Å². The normalized spacial score (nSPS) is 11.8. The highest BCUT2D eigenvalue weighted by atomic mass is 32.1. The third-order valence-corrected chi connectivity index (χ3v) is 4.37. The maximum atomic E-state index is 12.2. The molecule has 0 saturated heterocycles. The Balaban J connectivity index is 1.61. The summed E-state index contributed by atoms with van der Waals surface area (Å²) in [5.74, 6) is -1.74. The number of aromatic nitrogens is 2. The summed E-state index contributed by atoms with van der Waals surface area (Å²) >= 11 is 1.39. The molecule has 0 aliphatic heterocycles. The predicted molar refractivity (Wildman–Crippen MR) is 91.2 cm³/mol. The SMILES string of the molecule is O=C(NC[C@H](Cc1nccs1)C(=O)O)c1cc(-c2ccccc2)on1. The predicted octanol–water partition coefficient (Wildman–Crippen LogP) is 2.47. The van der Waals surface area contributed by atoms with Crippen LogP contribution in [0.3, 0.4) is 0 Å². The molecule has 128 valence electrons. The van der Waals surface area contributed by atoms with Gasteiger partial charge in [0.2, 0.25) is 0 Å². The van der Waals surface area contributed by atoms with Gasteiger partial charge in [-0.1, -0.05) is 35.5 Å². The van der Waals surface area contributed by atoms with E-state index < -0.39 is 17.8 Å². The van der Waals surface area contributed by atoms with Crippen molar-refractivity contribution < 1.29 is 19.2 Å². The molecule has 7 nitrogen and oxygen atoms in total. The van der Waals surface area contributed by atoms with Crippen molar-refractivity contribution in [3.8, 4) is 11.3 Å². The number of hydrogen-bond donors (Lipinski definition) is 2. The van der Waals surface area contributed by atoms with Gasteiger partial charge in [0.15, 0.2) is 11.5 Å². The minimum atomic E-state index is -0.986. The van der Waals surface area contributed by atoms with Gasteiger partial charge in [-0.05, 0) is 0 Å². The number of aliphatic carboxylic acids is 1. The Kier molecular flexibility index (Phi) is 5.20. The summed E-state index contributed by atoms with van der Waals surface area (Å²) < 4.78 is 5.18. The zero-order valence-corrected chi connectivity index (χ0v) is 13.9. The number of carboxylic acids is 1. The van der Waals surface area contributed by atoms with Crippen LogP contribution in [0.1, 0.15) is 15.5 Å². The number of thiazole rings is 1. The van der Waals surface area contributed by atoms with Crippen molar-refractivity contribution in [2.45, 2.75) is 6.42 Å². The maximum absolute atomic E-state index is 12.2. The number of nitrogens with one attached hydrogen (secondary N) is 1. The highest BCUT2D eigenvalue weighted by Gasteiger charge is 2.21. The molecule has 2 N–H and O–H groups in total. The van der Waals surface area contributed by atoms with Crippen LogP contribution in [0.25, 0.3) is 11.3 Å². The Hall–Kier alpha value is -3.00. The molecule has 0 aliphatic rings. The molecule has 1 amide bonds. The molecule has 0 fully saturated rings. The van der Waals surface area contributed by atoms with Crippen LogP contribution >= 0.6 is 11.3 Å². The largest absolute Gasteiger partial charge is 0.481 e. The Morgan fingerprint density at radius 2 is 2.08 bits per heavy atom. The number of carboxylic acid groups (broad SMARTS) is 1. The summed E-state index contributed by atoms with van der Waals surface area (Å²) in [5, 5.41) is 18.1. The Morgan fingerprint density at radius 1 is 1.28 bits per heavy atom. The second kappa shape index (κ2) is 7.71. The fourth-order valence-electron chi connectivity index (χ4n) is 2.24. The zero-order valence-electron chi connectivity index (χ0n) is 13.1. The molecule has 0 aliphatic carbocycles. The van der Waals surface area contributed by atoms with Crippen LogP contribution in [0.5, 0.6) is 0 Å². The number of hydrogen-bond acceptors (Lipinski definition) is 6. The van der Waals surface area contributed by atoms with Gasteiger partial charge in [-0.15, -0.1) is 11.3 Å². The molecule has 0 bridgehead atoms. The highest BCUT2D eigenvalue weighted by Crippen LogP contribution is 2.19. The number of nitrogens with zero attached hydrogens (tertiary/aromatic N) is 2. The van der Waals surface area contributed by atoms with Gasteiger partial charge in [-0.25, -0.2) is 4.98 Å². The first kappa shape index (κ1) is 16.8. The molecule has 0 saturated carbocycles. The van der Waals surface area contributed by atoms with E-state index >= 15 is 0 Å². The van der Waals surface area contributed by atoms with E-state index in [4.69, 9.17) is 4.52 Å². The van der Waals surface area contributed by atoms with Crippen molar-refractivity contribution in [1.29, 1.82) is 0 Å². The molecule has 0 unspecified atom stereocenters. The first-order chi connectivity index (χ1) is 12.1. The van der Waals surface area contributed by atoms with E-state index in [0.717, 1.165) is 10.6 Å². The van der Waals surface area contributed by atoms with Gasteiger partial charge in [0.25, 0.3) is 5.91 Å². The van der Waals surface area contributed by atoms with E-state index in [0.29, 0.717) is 5.76 Å². The van der Waals surface area contributed by atoms with E-state index in [-0.39, 0.29) is 18.7 Å². The number of carbonyl (C=O) groups is 2. The molecule has 25 heavy (non-hydrogen) atoms. The van der Waals surface area contributed by atoms with Crippen molar-refractivity contribution >= 4 is 23.2 Å². The summed E-state index contributed by atoms with van der Waals surface area (Å²) in [6.45, 7) is -0.0126. The van der Waals surface area contributed by atoms with Gasteiger partial charge >= 0.3 is 5.97 Å². The van der Waals surface area contributed by atoms with Crippen LogP contribution in [-0.2, 0) is 11.2 Å². The van der Waals surface area contributed by atoms with Crippen molar-refractivity contribution in [3.05, 3.63) is 58.7 Å². The summed E-state index contributed by atoms with van der Waals surface area (Å²) in [6, 6.07) is 10.8. The van der Waals surface area contributed by atoms with Crippen molar-refractivity contribution in [1.82, 2.24) is 15.5 Å². The second-order valence-corrected chi connectivity index (χ2v) is 6.30. The lowest BCUT2D eigenvalue weighted by atomic mass is 10.1. The molecule has 2 aromatic heterocycles. The topological polar surface area (TPSA) is 105 Å². The zero-order chi connectivity index (χ0) is 17.6. The fraction of sp³-hybridized carbons (Fsp3) is 0.176. The minimum Gasteiger partial charge on any atom is -0.481 e. The lowest BCUT2D eigenvalue weighted by Gasteiger charge is -2.11. The summed E-state index contributed by atoms with van der Waals surface area (Å²) in [5.41, 5.74) is 0.915. The lowest BCUT2D eigenvalue weighted by molar-refractivity contribution is -0.141. The quantitative estimate of drug-likeness (QED) is 0.673. The first-order valence-corrected chi connectivity index (χ1v) is 8.43. The summed E-state index contributed by atoms with van der Waals surface area (Å²) in [6.07, 6.45) is 1.89. The standard InChI is InChI=1S/C17H15N3O4S/c21-16(13-9-14(24-20-13)11-4-2-1-3-5-11)19-10-12(17(22)23)8-15-18-6-7-25-15/h1-7,9,12H,8,10H2,(H,19,21)(H,22,23)/t12-/m0/s1. The average molecular weight is 357 g/mol. The number of amides is 1. The van der Waals surface area contributed by atoms with Crippen LogP contribution in [0.15, 0.2) is 52.5 Å². The molecular weight excluding hydrogens is 342 g/mol. The van der Waals surface area contributed by atoms with Gasteiger partial charge in [0, 0.05) is 36.2 Å². The molecule has 3 aromatic rings. The molecule has 8 heteroatoms. The maximum Gasteiger partial charge on any atom is 0.308 e. The van der Waals surface area contributed by atoms with Gasteiger partial charge in [0.1, 0.15) is 0 Å². The number of carbonyl (C=O) groups excluding carboxylic acids is 1. The van der Waals surface area contributed by atoms with Crippen molar-refractivity contribution in [2.75, 3.05) is 6.54 Å². The Morgan fingerprint density at radius 3 is 2.76 bits per heavy atom. The van der Waals surface area contributed by atoms with E-state index in [1.807, 2.05) is 30.3 Å². The van der Waals surface area contributed by atoms with Gasteiger partial charge in [-0.3, -0.25) is 9.59 Å². The van der Waals surface area contributed by atoms with Gasteiger partial charge < -0.3 is 14.9 Å². The average Bonchev–Trinajstić information content (AvgIpc) is 3.30. The minimum absolute atomic E-state index is 0.0126. The van der Waals surface area contributed by atoms with Crippen LogP contribution in [0, 0.1) is 5.92 Å². The van der Waals surface area contributed by atoms with Crippen LogP contribution in [0.2, 0.25) is 0 Å². The Bertz CT molecular complexity index is 846. The van der Waals surface area contributed by atoms with Gasteiger partial charge in [0.05, 0.1) is 10.9 Å². The van der Waals surface area contributed by atoms with E-state index in [2.05, 4.69) is 15.5 Å². The molecule has 0 radical (unpaired) electrons. The van der Waals surface area contributed by atoms with Crippen molar-refractivity contribution in [2.24, 2.45) is 5.92 Å². The first-order valence-electron chi connectivity index (χ1n) is 7.55. The van der Waals surface area contributed by atoms with E-state index in [9.17, 15) is 14.7 Å². The molecule has 0 spiro atoms. The number of benzene rings is 1. The van der Waals surface area contributed by atoms with Crippen LogP contribution in [0.4, 0.5) is 0 Å². The smallest absolute Gasteiger partial charge is 0.308 e. The van der Waals surface area contributed by atoms with E-state index in [1.165, 1.54) is 17.4 Å². The molecule has 1 atom stereocenters. The number of rotatable bonds is 7. The highest BCUT2D eigenvalue weighted by molar-refractivity contribution is 7.09. The van der Waals surface area contributed by atoms with E-state index in [1.54, 1.807) is 11.6 Å². The second-order valence-electron chi connectivity index (χ2n) is 5.32. The lowest BCUT2D eigenvalue weighted by Crippen LogP contribution is -2.34. The summed E-state index contributed by atoms with van der Waals surface area (Å²) in [4.78, 5) is 27.6. The summed E-state index contributed by atoms with van der Waals surface area (Å²) in [7, 11) is 0. The molecule has 3 rings (SSSR count). The Labute approximate surface area is 147 Å². The monoisotopic (exact) mass is 357 g/mol. The van der Waals surface area contributed by atoms with Crippen LogP contribution in [-0.4, -0.2) is 33.7 Å². The molecule has 2 heterocycles. The fourth-order valence-corrected chi connectivity index (χ4v) is 2.94. The third kappa shape index (κ3) is 4.30. The molecule has 1 aromatic carbocycles. The third-order valence-electron chi connectivity index (χ3n) is 3.56. The molecular formula is C17H15N3O4S. The van der Waals surface area contributed by atoms with Crippen LogP contribution < -0.4 is 5.32 Å².